The van der Waals surface area contributed by atoms with Crippen LogP contribution < -0.4 is 4.74 Å². The van der Waals surface area contributed by atoms with Gasteiger partial charge in [0.25, 0.3) is 0 Å². The third-order valence-electron chi connectivity index (χ3n) is 3.31. The highest BCUT2D eigenvalue weighted by molar-refractivity contribution is 6.37. The van der Waals surface area contributed by atoms with E-state index in [4.69, 9.17) is 27.9 Å². The largest absolute Gasteiger partial charge is 0.487 e. The summed E-state index contributed by atoms with van der Waals surface area (Å²) in [4.78, 5) is 0. The SMILES string of the molecule is CC1(C)C(O)CC1Oc1c(Cl)cccc1Cl. The molecule has 0 saturated heterocycles. The standard InChI is InChI=1S/C12H14Cl2O2/c1-12(2)9(15)6-10(12)16-11-7(13)4-3-5-8(11)14/h3-5,9-10,15H,6H2,1-2H3. The molecule has 2 rings (SSSR count). The second kappa shape index (κ2) is 4.10. The van der Waals surface area contributed by atoms with Crippen LogP contribution in [0.4, 0.5) is 0 Å². The van der Waals surface area contributed by atoms with Crippen LogP contribution in [0.3, 0.4) is 0 Å². The van der Waals surface area contributed by atoms with Crippen molar-refractivity contribution in [1.82, 2.24) is 0 Å². The van der Waals surface area contributed by atoms with Crippen molar-refractivity contribution in [1.29, 1.82) is 0 Å². The zero-order valence-corrected chi connectivity index (χ0v) is 10.7. The summed E-state index contributed by atoms with van der Waals surface area (Å²) in [6.07, 6.45) is 0.257. The van der Waals surface area contributed by atoms with E-state index in [1.165, 1.54) is 0 Å². The Balaban J connectivity index is 2.17. The second-order valence-corrected chi connectivity index (χ2v) is 5.54. The smallest absolute Gasteiger partial charge is 0.156 e. The van der Waals surface area contributed by atoms with Gasteiger partial charge in [-0.05, 0) is 12.1 Å². The van der Waals surface area contributed by atoms with Gasteiger partial charge in [0.15, 0.2) is 5.75 Å². The number of rotatable bonds is 2. The topological polar surface area (TPSA) is 29.5 Å². The van der Waals surface area contributed by atoms with E-state index in [0.29, 0.717) is 22.2 Å². The van der Waals surface area contributed by atoms with Crippen LogP contribution in [0.25, 0.3) is 0 Å². The number of aliphatic hydroxyl groups is 1. The summed E-state index contributed by atoms with van der Waals surface area (Å²) in [6.45, 7) is 3.94. The highest BCUT2D eigenvalue weighted by Crippen LogP contribution is 2.45. The fourth-order valence-electron chi connectivity index (χ4n) is 1.80. The molecule has 4 heteroatoms. The van der Waals surface area contributed by atoms with Crippen LogP contribution >= 0.6 is 23.2 Å². The first kappa shape index (κ1) is 12.0. The third-order valence-corrected chi connectivity index (χ3v) is 3.90. The molecule has 2 unspecified atom stereocenters. The molecule has 0 bridgehead atoms. The molecule has 1 N–H and O–H groups in total. The van der Waals surface area contributed by atoms with Crippen LogP contribution in [-0.2, 0) is 0 Å². The van der Waals surface area contributed by atoms with Crippen LogP contribution in [0.5, 0.6) is 5.75 Å². The number of benzene rings is 1. The Kier molecular flexibility index (Phi) is 3.08. The molecule has 0 spiro atoms. The van der Waals surface area contributed by atoms with E-state index in [0.717, 1.165) is 0 Å². The first-order valence-corrected chi connectivity index (χ1v) is 5.97. The lowest BCUT2D eigenvalue weighted by molar-refractivity contribution is -0.134. The molecule has 2 nitrogen and oxygen atoms in total. The van der Waals surface area contributed by atoms with Gasteiger partial charge in [0.2, 0.25) is 0 Å². The second-order valence-electron chi connectivity index (χ2n) is 4.73. The average molecular weight is 261 g/mol. The van der Waals surface area contributed by atoms with Gasteiger partial charge >= 0.3 is 0 Å². The van der Waals surface area contributed by atoms with E-state index in [9.17, 15) is 5.11 Å². The molecule has 2 atom stereocenters. The Morgan fingerprint density at radius 2 is 1.88 bits per heavy atom. The molecule has 0 radical (unpaired) electrons. The molecule has 16 heavy (non-hydrogen) atoms. The number of hydrogen-bond donors (Lipinski definition) is 1. The molecule has 1 aliphatic carbocycles. The van der Waals surface area contributed by atoms with Gasteiger partial charge in [0.05, 0.1) is 16.1 Å². The Morgan fingerprint density at radius 1 is 1.31 bits per heavy atom. The van der Waals surface area contributed by atoms with Crippen molar-refractivity contribution in [3.8, 4) is 5.75 Å². The summed E-state index contributed by atoms with van der Waals surface area (Å²) in [6, 6.07) is 5.26. The van der Waals surface area contributed by atoms with Crippen molar-refractivity contribution in [2.75, 3.05) is 0 Å². The zero-order chi connectivity index (χ0) is 11.9. The van der Waals surface area contributed by atoms with Gasteiger partial charge in [-0.25, -0.2) is 0 Å². The number of para-hydroxylation sites is 1. The average Bonchev–Trinajstić information content (AvgIpc) is 2.22. The molecule has 0 aromatic heterocycles. The van der Waals surface area contributed by atoms with E-state index in [1.807, 2.05) is 13.8 Å². The summed E-state index contributed by atoms with van der Waals surface area (Å²) in [5, 5.41) is 10.6. The molecule has 1 fully saturated rings. The maximum atomic E-state index is 9.62. The Hall–Kier alpha value is -0.440. The lowest BCUT2D eigenvalue weighted by atomic mass is 9.66. The molecule has 1 saturated carbocycles. The molecular formula is C12H14Cl2O2. The van der Waals surface area contributed by atoms with Gasteiger partial charge in [-0.2, -0.15) is 0 Å². The predicted molar refractivity (Wildman–Crippen MR) is 65.3 cm³/mol. The zero-order valence-electron chi connectivity index (χ0n) is 9.21. The monoisotopic (exact) mass is 260 g/mol. The van der Waals surface area contributed by atoms with E-state index in [-0.39, 0.29) is 17.6 Å². The summed E-state index contributed by atoms with van der Waals surface area (Å²) in [5.74, 6) is 0.510. The van der Waals surface area contributed by atoms with Crippen molar-refractivity contribution in [3.63, 3.8) is 0 Å². The van der Waals surface area contributed by atoms with Crippen LogP contribution in [0, 0.1) is 5.41 Å². The van der Waals surface area contributed by atoms with Crippen LogP contribution in [0.1, 0.15) is 20.3 Å². The Labute approximate surface area is 105 Å². The highest BCUT2D eigenvalue weighted by atomic mass is 35.5. The predicted octanol–water partition coefficient (Wildman–Crippen LogP) is 3.53. The lowest BCUT2D eigenvalue weighted by Gasteiger charge is -2.48. The van der Waals surface area contributed by atoms with Gasteiger partial charge < -0.3 is 9.84 Å². The Morgan fingerprint density at radius 3 is 2.31 bits per heavy atom. The normalized spacial score (nSPS) is 27.3. The number of ether oxygens (including phenoxy) is 1. The number of halogens is 2. The molecule has 1 aliphatic rings. The van der Waals surface area contributed by atoms with Crippen molar-refractivity contribution >= 4 is 23.2 Å². The number of aliphatic hydroxyl groups excluding tert-OH is 1. The van der Waals surface area contributed by atoms with Gasteiger partial charge in [0, 0.05) is 11.8 Å². The van der Waals surface area contributed by atoms with Crippen molar-refractivity contribution in [2.45, 2.75) is 32.5 Å². The minimum absolute atomic E-state index is 0.0418. The van der Waals surface area contributed by atoms with Crippen molar-refractivity contribution in [2.24, 2.45) is 5.41 Å². The minimum atomic E-state index is -0.321. The highest BCUT2D eigenvalue weighted by Gasteiger charge is 2.49. The quantitative estimate of drug-likeness (QED) is 0.882. The van der Waals surface area contributed by atoms with Gasteiger partial charge in [-0.3, -0.25) is 0 Å². The fraction of sp³-hybridized carbons (Fsp3) is 0.500. The summed E-state index contributed by atoms with van der Waals surface area (Å²) in [5.41, 5.74) is -0.248. The summed E-state index contributed by atoms with van der Waals surface area (Å²) < 4.78 is 5.77. The molecule has 1 aromatic rings. The maximum absolute atomic E-state index is 9.62. The van der Waals surface area contributed by atoms with Crippen LogP contribution in [-0.4, -0.2) is 17.3 Å². The first-order chi connectivity index (χ1) is 7.43. The summed E-state index contributed by atoms with van der Waals surface area (Å²) >= 11 is 12.0. The summed E-state index contributed by atoms with van der Waals surface area (Å²) in [7, 11) is 0. The van der Waals surface area contributed by atoms with Crippen molar-refractivity contribution in [3.05, 3.63) is 28.2 Å². The third kappa shape index (κ3) is 1.90. The van der Waals surface area contributed by atoms with E-state index < -0.39 is 0 Å². The number of hydrogen-bond acceptors (Lipinski definition) is 2. The van der Waals surface area contributed by atoms with Gasteiger partial charge in [-0.1, -0.05) is 43.1 Å². The molecule has 0 amide bonds. The van der Waals surface area contributed by atoms with Gasteiger partial charge in [0.1, 0.15) is 6.10 Å². The molecule has 0 aliphatic heterocycles. The van der Waals surface area contributed by atoms with Crippen molar-refractivity contribution < 1.29 is 9.84 Å². The van der Waals surface area contributed by atoms with E-state index >= 15 is 0 Å². The van der Waals surface area contributed by atoms with Crippen LogP contribution in [0.2, 0.25) is 10.0 Å². The van der Waals surface area contributed by atoms with E-state index in [2.05, 4.69) is 0 Å². The van der Waals surface area contributed by atoms with E-state index in [1.54, 1.807) is 18.2 Å². The maximum Gasteiger partial charge on any atom is 0.156 e. The minimum Gasteiger partial charge on any atom is -0.487 e. The molecule has 1 aromatic carbocycles. The molecule has 0 heterocycles. The van der Waals surface area contributed by atoms with Gasteiger partial charge in [-0.15, -0.1) is 0 Å². The lowest BCUT2D eigenvalue weighted by Crippen LogP contribution is -2.56. The Bertz CT molecular complexity index is 384. The first-order valence-electron chi connectivity index (χ1n) is 5.21. The van der Waals surface area contributed by atoms with Crippen LogP contribution in [0.15, 0.2) is 18.2 Å². The molecule has 88 valence electrons. The molecular weight excluding hydrogens is 247 g/mol. The fourth-order valence-corrected chi connectivity index (χ4v) is 2.29.